The highest BCUT2D eigenvalue weighted by molar-refractivity contribution is 8.34. The van der Waals surface area contributed by atoms with Crippen molar-refractivity contribution in [2.45, 2.75) is 19.6 Å². The van der Waals surface area contributed by atoms with Crippen molar-refractivity contribution in [2.24, 2.45) is 0 Å². The predicted octanol–water partition coefficient (Wildman–Crippen LogP) is 10.4. The Bertz CT molecular complexity index is 1670. The number of benzene rings is 6. The van der Waals surface area contributed by atoms with Crippen LogP contribution in [0.5, 0.6) is 0 Å². The van der Waals surface area contributed by atoms with E-state index in [2.05, 4.69) is 163 Å². The van der Waals surface area contributed by atoms with Crippen LogP contribution >= 0.6 is 10.0 Å². The minimum Gasteiger partial charge on any atom is -0.355 e. The third kappa shape index (κ3) is 3.65. The molecule has 0 unspecified atom stereocenters. The van der Waals surface area contributed by atoms with Gasteiger partial charge < -0.3 is 5.32 Å². The smallest absolute Gasteiger partial charge is 0.0395 e. The highest BCUT2D eigenvalue weighted by atomic mass is 32.3. The Morgan fingerprint density at radius 1 is 0.368 bits per heavy atom. The van der Waals surface area contributed by atoms with Gasteiger partial charge in [0.2, 0.25) is 0 Å². The fourth-order valence-electron chi connectivity index (χ4n) is 5.59. The molecule has 2 heteroatoms. The summed E-state index contributed by atoms with van der Waals surface area (Å²) in [5.74, 6) is 0. The van der Waals surface area contributed by atoms with Crippen molar-refractivity contribution < 1.29 is 0 Å². The molecule has 6 aromatic carbocycles. The fourth-order valence-corrected chi connectivity index (χ4v) is 9.84. The molecular weight excluding hydrogens is 478 g/mol. The second-order valence-corrected chi connectivity index (χ2v) is 12.6. The first-order valence-electron chi connectivity index (χ1n) is 12.9. The summed E-state index contributed by atoms with van der Waals surface area (Å²) in [6, 6.07) is 57.2. The Morgan fingerprint density at radius 2 is 0.868 bits per heavy atom. The Morgan fingerprint density at radius 3 is 1.53 bits per heavy atom. The zero-order valence-corrected chi connectivity index (χ0v) is 21.7. The van der Waals surface area contributed by atoms with Gasteiger partial charge in [0.25, 0.3) is 0 Å². The van der Waals surface area contributed by atoms with Crippen LogP contribution in [0, 0.1) is 0 Å². The molecule has 0 spiro atoms. The summed E-state index contributed by atoms with van der Waals surface area (Å²) >= 11 is 0. The molecule has 0 radical (unpaired) electrons. The first kappa shape index (κ1) is 22.7. The third-order valence-corrected chi connectivity index (χ3v) is 11.3. The summed E-state index contributed by atoms with van der Waals surface area (Å²) in [6.07, 6.45) is 0. The Hall–Kier alpha value is -4.53. The predicted molar refractivity (Wildman–Crippen MR) is 161 cm³/mol. The summed E-state index contributed by atoms with van der Waals surface area (Å²) in [5.41, 5.74) is 7.30. The molecule has 6 aromatic rings. The second kappa shape index (κ2) is 9.41. The summed E-state index contributed by atoms with van der Waals surface area (Å²) in [5, 5.41) is 3.69. The highest BCUT2D eigenvalue weighted by Crippen LogP contribution is 2.80. The van der Waals surface area contributed by atoms with Crippen molar-refractivity contribution in [3.8, 4) is 22.3 Å². The molecule has 0 fully saturated rings. The van der Waals surface area contributed by atoms with Crippen molar-refractivity contribution in [1.29, 1.82) is 0 Å². The number of anilines is 2. The number of hydrogen-bond acceptors (Lipinski definition) is 1. The standard InChI is InChI=1S/C36H27NS/c1-4-12-27(13-5-1)28-20-22-29(23-21-28)37-30-24-25-34-33-18-10-11-19-35(33)38(36(34)26-30,31-14-6-2-7-15-31)32-16-8-3-9-17-32/h1-26,37H. The van der Waals surface area contributed by atoms with Gasteiger partial charge in [-0.25, -0.2) is 0 Å². The van der Waals surface area contributed by atoms with Gasteiger partial charge in [0.15, 0.2) is 0 Å². The van der Waals surface area contributed by atoms with Crippen molar-refractivity contribution >= 4 is 21.4 Å². The molecule has 0 atom stereocenters. The van der Waals surface area contributed by atoms with E-state index in [0.29, 0.717) is 0 Å². The molecule has 0 aliphatic carbocycles. The lowest BCUT2D eigenvalue weighted by molar-refractivity contribution is 1.29. The molecule has 1 aliphatic rings. The van der Waals surface area contributed by atoms with E-state index < -0.39 is 10.0 Å². The van der Waals surface area contributed by atoms with Gasteiger partial charge in [0.05, 0.1) is 0 Å². The maximum Gasteiger partial charge on any atom is 0.0395 e. The van der Waals surface area contributed by atoms with Crippen LogP contribution in [0.1, 0.15) is 0 Å². The van der Waals surface area contributed by atoms with Crippen LogP contribution in [0.25, 0.3) is 22.3 Å². The van der Waals surface area contributed by atoms with Crippen LogP contribution in [0.3, 0.4) is 0 Å². The zero-order chi connectivity index (χ0) is 25.4. The van der Waals surface area contributed by atoms with Crippen LogP contribution in [0.4, 0.5) is 11.4 Å². The largest absolute Gasteiger partial charge is 0.355 e. The molecule has 1 aliphatic heterocycles. The molecule has 1 heterocycles. The van der Waals surface area contributed by atoms with Gasteiger partial charge in [-0.05, 0) is 76.9 Å². The van der Waals surface area contributed by atoms with Gasteiger partial charge in [-0.15, -0.1) is 10.0 Å². The number of nitrogens with one attached hydrogen (secondary N) is 1. The van der Waals surface area contributed by atoms with Crippen LogP contribution in [0.2, 0.25) is 0 Å². The van der Waals surface area contributed by atoms with Crippen molar-refractivity contribution in [3.63, 3.8) is 0 Å². The van der Waals surface area contributed by atoms with Gasteiger partial charge in [0.1, 0.15) is 0 Å². The van der Waals surface area contributed by atoms with E-state index in [1.165, 1.54) is 41.8 Å². The van der Waals surface area contributed by atoms with Gasteiger partial charge in [-0.2, -0.15) is 0 Å². The molecule has 1 nitrogen and oxygen atoms in total. The summed E-state index contributed by atoms with van der Waals surface area (Å²) in [4.78, 5) is 5.53. The van der Waals surface area contributed by atoms with Crippen LogP contribution in [-0.2, 0) is 0 Å². The van der Waals surface area contributed by atoms with Crippen molar-refractivity contribution in [1.82, 2.24) is 0 Å². The Labute approximate surface area is 225 Å². The van der Waals surface area contributed by atoms with E-state index >= 15 is 0 Å². The maximum absolute atomic E-state index is 3.69. The first-order chi connectivity index (χ1) is 18.8. The van der Waals surface area contributed by atoms with E-state index in [-0.39, 0.29) is 0 Å². The molecule has 38 heavy (non-hydrogen) atoms. The Balaban J connectivity index is 1.37. The number of rotatable bonds is 5. The maximum atomic E-state index is 3.69. The second-order valence-electron chi connectivity index (χ2n) is 9.51. The van der Waals surface area contributed by atoms with E-state index in [9.17, 15) is 0 Å². The minimum atomic E-state index is -1.63. The quantitative estimate of drug-likeness (QED) is 0.245. The van der Waals surface area contributed by atoms with Gasteiger partial charge in [-0.1, -0.05) is 103 Å². The molecule has 0 saturated heterocycles. The van der Waals surface area contributed by atoms with Crippen LogP contribution in [-0.4, -0.2) is 0 Å². The minimum absolute atomic E-state index is 1.08. The van der Waals surface area contributed by atoms with Crippen molar-refractivity contribution in [2.75, 3.05) is 5.32 Å². The fraction of sp³-hybridized carbons (Fsp3) is 0. The van der Waals surface area contributed by atoms with Crippen LogP contribution in [0.15, 0.2) is 177 Å². The molecule has 0 amide bonds. The van der Waals surface area contributed by atoms with Crippen LogP contribution < -0.4 is 5.32 Å². The summed E-state index contributed by atoms with van der Waals surface area (Å²) in [6.45, 7) is 0. The lowest BCUT2D eigenvalue weighted by atomic mass is 10.0. The SMILES string of the molecule is c1ccc(-c2ccc(Nc3ccc4c(c3)S(c3ccccc3)(c3ccccc3)c3ccccc3-4)cc2)cc1. The molecule has 0 saturated carbocycles. The lowest BCUT2D eigenvalue weighted by Gasteiger charge is -2.39. The van der Waals surface area contributed by atoms with E-state index in [1.54, 1.807) is 0 Å². The third-order valence-electron chi connectivity index (χ3n) is 7.29. The Kier molecular flexibility index (Phi) is 5.61. The average molecular weight is 506 g/mol. The number of fused-ring (bicyclic) bond motifs is 3. The number of hydrogen-bond donors (Lipinski definition) is 1. The van der Waals surface area contributed by atoms with E-state index in [0.717, 1.165) is 11.4 Å². The highest BCUT2D eigenvalue weighted by Gasteiger charge is 2.41. The monoisotopic (exact) mass is 505 g/mol. The van der Waals surface area contributed by atoms with E-state index in [1.807, 2.05) is 0 Å². The van der Waals surface area contributed by atoms with Gasteiger partial charge >= 0.3 is 0 Å². The van der Waals surface area contributed by atoms with E-state index in [4.69, 9.17) is 0 Å². The summed E-state index contributed by atoms with van der Waals surface area (Å²) in [7, 11) is -1.63. The summed E-state index contributed by atoms with van der Waals surface area (Å²) < 4.78 is 0. The van der Waals surface area contributed by atoms with Crippen molar-refractivity contribution in [3.05, 3.63) is 158 Å². The molecule has 7 rings (SSSR count). The van der Waals surface area contributed by atoms with Gasteiger partial charge in [-0.3, -0.25) is 0 Å². The normalized spacial score (nSPS) is 13.8. The lowest BCUT2D eigenvalue weighted by Crippen LogP contribution is -2.02. The topological polar surface area (TPSA) is 12.0 Å². The molecule has 0 aromatic heterocycles. The van der Waals surface area contributed by atoms with Gasteiger partial charge in [0, 0.05) is 31.0 Å². The molecule has 1 N–H and O–H groups in total. The molecular formula is C36H27NS. The molecule has 182 valence electrons. The average Bonchev–Trinajstić information content (AvgIpc) is 3.29. The first-order valence-corrected chi connectivity index (χ1v) is 14.6. The molecule has 0 bridgehead atoms. The zero-order valence-electron chi connectivity index (χ0n) is 20.9.